The minimum absolute atomic E-state index is 0.177. The van der Waals surface area contributed by atoms with E-state index < -0.39 is 11.6 Å². The molecule has 8 heteroatoms. The lowest BCUT2D eigenvalue weighted by atomic mass is 9.95. The highest BCUT2D eigenvalue weighted by atomic mass is 16.2. The van der Waals surface area contributed by atoms with E-state index in [9.17, 15) is 19.2 Å². The van der Waals surface area contributed by atoms with Crippen molar-refractivity contribution in [2.75, 3.05) is 22.1 Å². The Hall–Kier alpha value is -3.68. The molecular formula is C23H24N4O4. The van der Waals surface area contributed by atoms with Crippen LogP contribution in [0.3, 0.4) is 0 Å². The van der Waals surface area contributed by atoms with Crippen LogP contribution >= 0.6 is 0 Å². The van der Waals surface area contributed by atoms with Crippen LogP contribution in [0.4, 0.5) is 17.1 Å². The number of nitrogens with zero attached hydrogens (tertiary/aromatic N) is 2. The smallest absolute Gasteiger partial charge is 0.271 e. The van der Waals surface area contributed by atoms with Crippen LogP contribution in [0.5, 0.6) is 0 Å². The predicted molar refractivity (Wildman–Crippen MR) is 117 cm³/mol. The predicted octanol–water partition coefficient (Wildman–Crippen LogP) is 2.97. The fraction of sp³-hybridized carbons (Fsp3) is 0.304. The number of rotatable bonds is 5. The molecule has 0 bridgehead atoms. The molecule has 160 valence electrons. The molecule has 31 heavy (non-hydrogen) atoms. The summed E-state index contributed by atoms with van der Waals surface area (Å²) in [7, 11) is 0. The summed E-state index contributed by atoms with van der Waals surface area (Å²) in [6, 6.07) is 13.6. The largest absolute Gasteiger partial charge is 0.326 e. The van der Waals surface area contributed by atoms with Crippen molar-refractivity contribution < 1.29 is 19.2 Å². The summed E-state index contributed by atoms with van der Waals surface area (Å²) in [5, 5.41) is 5.55. The summed E-state index contributed by atoms with van der Waals surface area (Å²) in [4.78, 5) is 54.1. The quantitative estimate of drug-likeness (QED) is 0.777. The highest BCUT2D eigenvalue weighted by Crippen LogP contribution is 2.45. The van der Waals surface area contributed by atoms with Gasteiger partial charge in [-0.3, -0.25) is 24.1 Å². The molecule has 2 N–H and O–H groups in total. The van der Waals surface area contributed by atoms with Gasteiger partial charge in [0.25, 0.3) is 11.8 Å². The minimum atomic E-state index is -1.41. The van der Waals surface area contributed by atoms with E-state index in [1.54, 1.807) is 48.5 Å². The van der Waals surface area contributed by atoms with Crippen LogP contribution in [-0.2, 0) is 14.4 Å². The molecule has 8 nitrogen and oxygen atoms in total. The summed E-state index contributed by atoms with van der Waals surface area (Å²) < 4.78 is 0. The Bertz CT molecular complexity index is 1070. The second-order valence-corrected chi connectivity index (χ2v) is 7.73. The third-order valence-corrected chi connectivity index (χ3v) is 5.65. The van der Waals surface area contributed by atoms with Gasteiger partial charge in [-0.15, -0.1) is 0 Å². The summed E-state index contributed by atoms with van der Waals surface area (Å²) in [5.41, 5.74) is 0.605. The van der Waals surface area contributed by atoms with Crippen LogP contribution < -0.4 is 15.5 Å². The molecule has 2 aliphatic rings. The first kappa shape index (κ1) is 20.6. The van der Waals surface area contributed by atoms with Crippen LogP contribution in [0.25, 0.3) is 0 Å². The van der Waals surface area contributed by atoms with E-state index in [-0.39, 0.29) is 30.6 Å². The molecule has 0 radical (unpaired) electrons. The normalized spacial score (nSPS) is 19.7. The van der Waals surface area contributed by atoms with Crippen LogP contribution in [0, 0.1) is 0 Å². The van der Waals surface area contributed by atoms with Gasteiger partial charge < -0.3 is 15.5 Å². The zero-order valence-corrected chi connectivity index (χ0v) is 17.5. The van der Waals surface area contributed by atoms with Crippen molar-refractivity contribution >= 4 is 40.7 Å². The fourth-order valence-electron chi connectivity index (χ4n) is 4.38. The first-order valence-corrected chi connectivity index (χ1v) is 10.3. The highest BCUT2D eigenvalue weighted by molar-refractivity contribution is 6.18. The second kappa shape index (κ2) is 7.86. The van der Waals surface area contributed by atoms with E-state index in [0.717, 1.165) is 0 Å². The van der Waals surface area contributed by atoms with E-state index in [4.69, 9.17) is 0 Å². The number of carbonyl (C=O) groups excluding carboxylic acids is 4. The number of hydrogen-bond donors (Lipinski definition) is 2. The molecule has 2 aromatic carbocycles. The van der Waals surface area contributed by atoms with Crippen LogP contribution in [0.1, 0.15) is 43.5 Å². The van der Waals surface area contributed by atoms with E-state index in [0.29, 0.717) is 35.6 Å². The molecule has 2 heterocycles. The number of anilines is 3. The maximum Gasteiger partial charge on any atom is 0.271 e. The average Bonchev–Trinajstić information content (AvgIpc) is 3.10. The monoisotopic (exact) mass is 420 g/mol. The number of para-hydroxylation sites is 1. The molecule has 4 rings (SSSR count). The Kier molecular flexibility index (Phi) is 5.22. The maximum atomic E-state index is 13.7. The zero-order valence-electron chi connectivity index (χ0n) is 17.5. The van der Waals surface area contributed by atoms with Gasteiger partial charge in [-0.2, -0.15) is 0 Å². The topological polar surface area (TPSA) is 98.8 Å². The lowest BCUT2D eigenvalue weighted by Gasteiger charge is -2.49. The molecule has 2 aromatic rings. The molecule has 1 saturated heterocycles. The number of benzene rings is 2. The fourth-order valence-corrected chi connectivity index (χ4v) is 4.38. The van der Waals surface area contributed by atoms with Gasteiger partial charge in [0.15, 0.2) is 0 Å². The lowest BCUT2D eigenvalue weighted by molar-refractivity contribution is -0.128. The van der Waals surface area contributed by atoms with Crippen LogP contribution in [0.2, 0.25) is 0 Å². The molecule has 0 spiro atoms. The molecule has 0 aromatic heterocycles. The van der Waals surface area contributed by atoms with Crippen molar-refractivity contribution in [3.05, 3.63) is 54.1 Å². The number of carbonyl (C=O) groups is 4. The Morgan fingerprint density at radius 3 is 2.29 bits per heavy atom. The van der Waals surface area contributed by atoms with Gasteiger partial charge in [0.05, 0.1) is 11.3 Å². The zero-order chi connectivity index (χ0) is 22.2. The van der Waals surface area contributed by atoms with Gasteiger partial charge in [0.1, 0.15) is 0 Å². The second-order valence-electron chi connectivity index (χ2n) is 7.73. The molecule has 1 fully saturated rings. The van der Waals surface area contributed by atoms with Crippen molar-refractivity contribution in [1.82, 2.24) is 4.90 Å². The Balaban J connectivity index is 1.73. The van der Waals surface area contributed by atoms with Crippen molar-refractivity contribution in [3.63, 3.8) is 0 Å². The first-order chi connectivity index (χ1) is 14.9. The van der Waals surface area contributed by atoms with Crippen LogP contribution in [0.15, 0.2) is 48.5 Å². The number of nitrogens with one attached hydrogen (secondary N) is 2. The van der Waals surface area contributed by atoms with Crippen molar-refractivity contribution in [2.45, 2.75) is 38.8 Å². The van der Waals surface area contributed by atoms with Crippen LogP contribution in [-0.4, -0.2) is 40.7 Å². The highest BCUT2D eigenvalue weighted by Gasteiger charge is 2.60. The SMILES string of the molecule is CCCN1C(=O)c2ccccc2N2C(=O)CC[C@@]12C(=O)Nc1ccc(NC(C)=O)cc1. The van der Waals surface area contributed by atoms with Gasteiger partial charge in [0, 0.05) is 37.7 Å². The molecule has 0 unspecified atom stereocenters. The maximum absolute atomic E-state index is 13.7. The first-order valence-electron chi connectivity index (χ1n) is 10.3. The number of fused-ring (bicyclic) bond motifs is 3. The van der Waals surface area contributed by atoms with Gasteiger partial charge >= 0.3 is 0 Å². The minimum Gasteiger partial charge on any atom is -0.326 e. The van der Waals surface area contributed by atoms with Crippen molar-refractivity contribution in [3.8, 4) is 0 Å². The summed E-state index contributed by atoms with van der Waals surface area (Å²) in [6.07, 6.45) is 1.05. The lowest BCUT2D eigenvalue weighted by Crippen LogP contribution is -2.69. The molecule has 1 atom stereocenters. The summed E-state index contributed by atoms with van der Waals surface area (Å²) in [5.74, 6) is -1.05. The van der Waals surface area contributed by atoms with Gasteiger partial charge in [0.2, 0.25) is 17.5 Å². The summed E-state index contributed by atoms with van der Waals surface area (Å²) in [6.45, 7) is 3.70. The number of hydrogen-bond acceptors (Lipinski definition) is 4. The Morgan fingerprint density at radius 1 is 1.00 bits per heavy atom. The third kappa shape index (κ3) is 3.34. The Morgan fingerprint density at radius 2 is 1.65 bits per heavy atom. The standard InChI is InChI=1S/C23H24N4O4/c1-3-14-26-21(30)18-6-4-5-7-19(18)27-20(29)12-13-23(26,27)22(31)25-17-10-8-16(9-11-17)24-15(2)28/h4-11H,3,12-14H2,1-2H3,(H,24,28)(H,25,31)/t23-/m1/s1. The van der Waals surface area contributed by atoms with Crippen molar-refractivity contribution in [1.29, 1.82) is 0 Å². The van der Waals surface area contributed by atoms with E-state index >= 15 is 0 Å². The van der Waals surface area contributed by atoms with Gasteiger partial charge in [-0.1, -0.05) is 19.1 Å². The molecule has 4 amide bonds. The van der Waals surface area contributed by atoms with E-state index in [1.165, 1.54) is 16.7 Å². The van der Waals surface area contributed by atoms with Crippen molar-refractivity contribution in [2.24, 2.45) is 0 Å². The van der Waals surface area contributed by atoms with E-state index in [2.05, 4.69) is 10.6 Å². The Labute approximate surface area is 180 Å². The molecule has 0 aliphatic carbocycles. The van der Waals surface area contributed by atoms with E-state index in [1.807, 2.05) is 6.92 Å². The molecule has 0 saturated carbocycles. The molecular weight excluding hydrogens is 396 g/mol. The molecule has 2 aliphatic heterocycles. The average molecular weight is 420 g/mol. The third-order valence-electron chi connectivity index (χ3n) is 5.65. The summed E-state index contributed by atoms with van der Waals surface area (Å²) >= 11 is 0. The van der Waals surface area contributed by atoms with Gasteiger partial charge in [-0.05, 0) is 42.8 Å². The van der Waals surface area contributed by atoms with Gasteiger partial charge in [-0.25, -0.2) is 0 Å². The number of amides is 4.